The number of hydrogen-bond donors (Lipinski definition) is 0. The minimum Gasteiger partial charge on any atom is -0.336 e. The largest absolute Gasteiger partial charge is 0.336 e. The number of nitrogens with zero attached hydrogens (tertiary/aromatic N) is 1. The molecule has 1 aromatic rings. The number of likely N-dealkylation sites (tertiary alicyclic amines) is 1. The van der Waals surface area contributed by atoms with E-state index in [2.05, 4.69) is 0 Å². The molecule has 0 bridgehead atoms. The second-order valence-electron chi connectivity index (χ2n) is 5.60. The Morgan fingerprint density at radius 3 is 2.43 bits per heavy atom. The Kier molecular flexibility index (Phi) is 4.68. The van der Waals surface area contributed by atoms with Gasteiger partial charge in [0.25, 0.3) is 10.1 Å². The highest BCUT2D eigenvalue weighted by atomic mass is 32.2. The third kappa shape index (κ3) is 4.04. The molecule has 0 spiro atoms. The molecule has 21 heavy (non-hydrogen) atoms. The highest BCUT2D eigenvalue weighted by Crippen LogP contribution is 2.31. The summed E-state index contributed by atoms with van der Waals surface area (Å²) in [6, 6.07) is 9.78. The third-order valence-corrected chi connectivity index (χ3v) is 4.58. The molecule has 5 nitrogen and oxygen atoms in total. The topological polar surface area (TPSA) is 63.7 Å². The number of carbonyl (C=O) groups excluding carboxylic acids is 1. The highest BCUT2D eigenvalue weighted by molar-refractivity contribution is 7.86. The molecule has 1 saturated heterocycles. The fraction of sp³-hybridized carbons (Fsp3) is 0.533. The summed E-state index contributed by atoms with van der Waals surface area (Å²) in [6.45, 7) is 4.21. The van der Waals surface area contributed by atoms with Gasteiger partial charge in [-0.3, -0.25) is 8.98 Å². The van der Waals surface area contributed by atoms with Gasteiger partial charge >= 0.3 is 0 Å². The molecule has 0 saturated carbocycles. The molecule has 1 heterocycles. The van der Waals surface area contributed by atoms with Crippen LogP contribution < -0.4 is 0 Å². The van der Waals surface area contributed by atoms with E-state index < -0.39 is 16.2 Å². The van der Waals surface area contributed by atoms with Gasteiger partial charge in [-0.05, 0) is 19.4 Å². The molecular formula is C15H21NO4S. The number of carbonyl (C=O) groups is 1. The van der Waals surface area contributed by atoms with Gasteiger partial charge in [0.2, 0.25) is 5.91 Å². The zero-order valence-electron chi connectivity index (χ0n) is 12.5. The van der Waals surface area contributed by atoms with E-state index in [1.807, 2.05) is 37.3 Å². The maximum absolute atomic E-state index is 12.2. The van der Waals surface area contributed by atoms with Crippen LogP contribution in [0.25, 0.3) is 0 Å². The molecule has 1 aromatic carbocycles. The van der Waals surface area contributed by atoms with Crippen LogP contribution in [0.2, 0.25) is 0 Å². The molecule has 2 unspecified atom stereocenters. The molecular weight excluding hydrogens is 290 g/mol. The lowest BCUT2D eigenvalue weighted by atomic mass is 10.0. The fourth-order valence-corrected chi connectivity index (χ4v) is 3.42. The van der Waals surface area contributed by atoms with Crippen LogP contribution in [-0.4, -0.2) is 38.1 Å². The van der Waals surface area contributed by atoms with Crippen molar-refractivity contribution in [3.8, 4) is 0 Å². The first-order chi connectivity index (χ1) is 9.78. The van der Waals surface area contributed by atoms with Crippen LogP contribution >= 0.6 is 0 Å². The average molecular weight is 311 g/mol. The van der Waals surface area contributed by atoms with Gasteiger partial charge in [0.05, 0.1) is 18.4 Å². The van der Waals surface area contributed by atoms with Gasteiger partial charge in [-0.1, -0.05) is 30.3 Å². The Morgan fingerprint density at radius 1 is 1.24 bits per heavy atom. The molecule has 0 aliphatic carbocycles. The second kappa shape index (κ2) is 6.15. The van der Waals surface area contributed by atoms with Crippen LogP contribution in [0.15, 0.2) is 30.3 Å². The highest BCUT2D eigenvalue weighted by Gasteiger charge is 2.37. The van der Waals surface area contributed by atoms with Gasteiger partial charge in [-0.2, -0.15) is 8.42 Å². The Balaban J connectivity index is 2.06. The zero-order chi connectivity index (χ0) is 15.6. The molecule has 1 amide bonds. The van der Waals surface area contributed by atoms with Crippen molar-refractivity contribution in [1.82, 2.24) is 4.90 Å². The average Bonchev–Trinajstić information content (AvgIpc) is 2.79. The Hall–Kier alpha value is -1.40. The lowest BCUT2D eigenvalue weighted by Crippen LogP contribution is -2.30. The van der Waals surface area contributed by atoms with Crippen molar-refractivity contribution in [2.24, 2.45) is 5.92 Å². The molecule has 1 aliphatic rings. The third-order valence-electron chi connectivity index (χ3n) is 3.93. The SMILES string of the molecule is CC(OS(C)(=O)=O)C1CC(=O)N([C@H](C)c2ccccc2)C1. The maximum atomic E-state index is 12.2. The van der Waals surface area contributed by atoms with E-state index in [4.69, 9.17) is 4.18 Å². The van der Waals surface area contributed by atoms with Crippen molar-refractivity contribution in [3.63, 3.8) is 0 Å². The van der Waals surface area contributed by atoms with E-state index in [1.165, 1.54) is 0 Å². The summed E-state index contributed by atoms with van der Waals surface area (Å²) in [7, 11) is -3.50. The van der Waals surface area contributed by atoms with Gasteiger partial charge in [0.15, 0.2) is 0 Å². The second-order valence-corrected chi connectivity index (χ2v) is 7.20. The van der Waals surface area contributed by atoms with Crippen molar-refractivity contribution in [2.75, 3.05) is 12.8 Å². The van der Waals surface area contributed by atoms with Gasteiger partial charge < -0.3 is 4.90 Å². The Labute approximate surface area is 126 Å². The molecule has 1 aliphatic heterocycles. The van der Waals surface area contributed by atoms with E-state index in [9.17, 15) is 13.2 Å². The smallest absolute Gasteiger partial charge is 0.264 e. The monoisotopic (exact) mass is 311 g/mol. The Bertz CT molecular complexity index is 599. The van der Waals surface area contributed by atoms with E-state index in [0.717, 1.165) is 11.8 Å². The summed E-state index contributed by atoms with van der Waals surface area (Å²) in [5, 5.41) is 0. The lowest BCUT2D eigenvalue weighted by molar-refractivity contribution is -0.129. The fourth-order valence-electron chi connectivity index (χ4n) is 2.71. The summed E-state index contributed by atoms with van der Waals surface area (Å²) in [5.74, 6) is -0.0568. The van der Waals surface area contributed by atoms with Crippen molar-refractivity contribution in [2.45, 2.75) is 32.4 Å². The van der Waals surface area contributed by atoms with Gasteiger partial charge in [-0.15, -0.1) is 0 Å². The van der Waals surface area contributed by atoms with Crippen molar-refractivity contribution < 1.29 is 17.4 Å². The van der Waals surface area contributed by atoms with Gasteiger partial charge in [0, 0.05) is 18.9 Å². The molecule has 116 valence electrons. The van der Waals surface area contributed by atoms with E-state index in [-0.39, 0.29) is 17.9 Å². The first-order valence-electron chi connectivity index (χ1n) is 7.00. The molecule has 2 rings (SSSR count). The van der Waals surface area contributed by atoms with Gasteiger partial charge in [-0.25, -0.2) is 0 Å². The lowest BCUT2D eigenvalue weighted by Gasteiger charge is -2.26. The maximum Gasteiger partial charge on any atom is 0.264 e. The van der Waals surface area contributed by atoms with Crippen molar-refractivity contribution in [3.05, 3.63) is 35.9 Å². The van der Waals surface area contributed by atoms with E-state index in [0.29, 0.717) is 13.0 Å². The minimum atomic E-state index is -3.50. The molecule has 0 aromatic heterocycles. The zero-order valence-corrected chi connectivity index (χ0v) is 13.3. The summed E-state index contributed by atoms with van der Waals surface area (Å²) >= 11 is 0. The summed E-state index contributed by atoms with van der Waals surface area (Å²) in [5.41, 5.74) is 1.07. The standard InChI is InChI=1S/C15H21NO4S/c1-11(13-7-5-4-6-8-13)16-10-14(9-15(16)17)12(2)20-21(3,18)19/h4-8,11-12,14H,9-10H2,1-3H3/t11-,12?,14?/m1/s1. The van der Waals surface area contributed by atoms with Gasteiger partial charge in [0.1, 0.15) is 0 Å². The summed E-state index contributed by atoms with van der Waals surface area (Å²) in [6.07, 6.45) is 0.871. The first kappa shape index (κ1) is 16.0. The van der Waals surface area contributed by atoms with Crippen LogP contribution in [-0.2, 0) is 19.1 Å². The number of rotatable bonds is 5. The molecule has 1 fully saturated rings. The van der Waals surface area contributed by atoms with Crippen molar-refractivity contribution in [1.29, 1.82) is 0 Å². The molecule has 0 radical (unpaired) electrons. The Morgan fingerprint density at radius 2 is 1.86 bits per heavy atom. The molecule has 3 atom stereocenters. The van der Waals surface area contributed by atoms with Crippen LogP contribution in [0.4, 0.5) is 0 Å². The van der Waals surface area contributed by atoms with Crippen LogP contribution in [0.5, 0.6) is 0 Å². The van der Waals surface area contributed by atoms with Crippen LogP contribution in [0.3, 0.4) is 0 Å². The first-order valence-corrected chi connectivity index (χ1v) is 8.82. The number of hydrogen-bond acceptors (Lipinski definition) is 4. The molecule has 0 N–H and O–H groups in total. The summed E-state index contributed by atoms with van der Waals surface area (Å²) in [4.78, 5) is 14.0. The van der Waals surface area contributed by atoms with E-state index >= 15 is 0 Å². The minimum absolute atomic E-state index is 0.0193. The van der Waals surface area contributed by atoms with E-state index in [1.54, 1.807) is 11.8 Å². The molecule has 6 heteroatoms. The van der Waals surface area contributed by atoms with Crippen LogP contribution in [0.1, 0.15) is 31.9 Å². The number of amides is 1. The summed E-state index contributed by atoms with van der Waals surface area (Å²) < 4.78 is 27.4. The van der Waals surface area contributed by atoms with Crippen molar-refractivity contribution >= 4 is 16.0 Å². The normalized spacial score (nSPS) is 22.3. The predicted molar refractivity (Wildman–Crippen MR) is 80.1 cm³/mol. The predicted octanol–water partition coefficient (Wildman–Crippen LogP) is 1.96. The quantitative estimate of drug-likeness (QED) is 0.780. The van der Waals surface area contributed by atoms with Crippen LogP contribution in [0, 0.1) is 5.92 Å². The number of benzene rings is 1.